The van der Waals surface area contributed by atoms with Crippen molar-refractivity contribution in [3.8, 4) is 0 Å². The van der Waals surface area contributed by atoms with Crippen molar-refractivity contribution in [1.82, 2.24) is 19.8 Å². The van der Waals surface area contributed by atoms with Crippen LogP contribution in [0.4, 0.5) is 0 Å². The zero-order valence-corrected chi connectivity index (χ0v) is 14.8. The van der Waals surface area contributed by atoms with Gasteiger partial charge in [0.15, 0.2) is 0 Å². The molecular formula is C19H24N4O3. The molecule has 1 aliphatic carbocycles. The van der Waals surface area contributed by atoms with Gasteiger partial charge in [-0.3, -0.25) is 14.5 Å². The van der Waals surface area contributed by atoms with Gasteiger partial charge >= 0.3 is 5.97 Å². The highest BCUT2D eigenvalue weighted by Crippen LogP contribution is 2.25. The van der Waals surface area contributed by atoms with Gasteiger partial charge in [0.2, 0.25) is 0 Å². The number of benzene rings is 1. The molecule has 138 valence electrons. The second-order valence-electron chi connectivity index (χ2n) is 6.68. The molecule has 0 radical (unpaired) electrons. The van der Waals surface area contributed by atoms with Crippen LogP contribution in [-0.4, -0.2) is 56.6 Å². The molecule has 0 spiro atoms. The Kier molecular flexibility index (Phi) is 5.68. The summed E-state index contributed by atoms with van der Waals surface area (Å²) in [5, 5.41) is 12.0. The highest BCUT2D eigenvalue weighted by Gasteiger charge is 2.34. The smallest absolute Gasteiger partial charge is 0.317 e. The second kappa shape index (κ2) is 8.14. The molecule has 1 saturated carbocycles. The zero-order valence-electron chi connectivity index (χ0n) is 14.8. The molecule has 0 unspecified atom stereocenters. The summed E-state index contributed by atoms with van der Waals surface area (Å²) in [5.74, 6) is -0.890. The molecule has 7 nitrogen and oxygen atoms in total. The summed E-state index contributed by atoms with van der Waals surface area (Å²) in [6, 6.07) is 7.91. The third-order valence-electron chi connectivity index (χ3n) is 4.85. The minimum absolute atomic E-state index is 0.0558. The number of rotatable bonds is 8. The number of nitrogens with one attached hydrogen (secondary N) is 1. The number of hydrogen-bond donors (Lipinski definition) is 2. The van der Waals surface area contributed by atoms with Crippen molar-refractivity contribution < 1.29 is 14.7 Å². The van der Waals surface area contributed by atoms with Gasteiger partial charge in [0.25, 0.3) is 5.91 Å². The summed E-state index contributed by atoms with van der Waals surface area (Å²) >= 11 is 0. The van der Waals surface area contributed by atoms with Crippen LogP contribution in [0.3, 0.4) is 0 Å². The molecule has 1 aliphatic rings. The maximum absolute atomic E-state index is 12.4. The minimum atomic E-state index is -0.810. The van der Waals surface area contributed by atoms with E-state index in [1.165, 1.54) is 0 Å². The van der Waals surface area contributed by atoms with Crippen LogP contribution < -0.4 is 5.32 Å². The van der Waals surface area contributed by atoms with E-state index in [9.17, 15) is 9.59 Å². The van der Waals surface area contributed by atoms with E-state index in [0.717, 1.165) is 24.9 Å². The number of carbonyl (C=O) groups is 2. The number of aromatic nitrogens is 2. The summed E-state index contributed by atoms with van der Waals surface area (Å²) in [7, 11) is 0. The standard InChI is InChI=1S/C19H24N4O3/c1-2-23(12-18(24)25)17-9-16(10-17)21-19(26)15-5-3-14(4-6-15)11-22-8-7-20-13-22/h3-8,13,16-17H,2,9-12H2,1H3,(H,21,26)(H,24,25). The van der Waals surface area contributed by atoms with E-state index in [1.807, 2.05) is 46.9 Å². The number of hydrogen-bond acceptors (Lipinski definition) is 4. The Bertz CT molecular complexity index is 737. The van der Waals surface area contributed by atoms with Crippen LogP contribution in [0.25, 0.3) is 0 Å². The highest BCUT2D eigenvalue weighted by atomic mass is 16.4. The molecule has 0 atom stereocenters. The fraction of sp³-hybridized carbons (Fsp3) is 0.421. The quantitative estimate of drug-likeness (QED) is 0.750. The lowest BCUT2D eigenvalue weighted by molar-refractivity contribution is -0.139. The Morgan fingerprint density at radius 2 is 2.04 bits per heavy atom. The first-order chi connectivity index (χ1) is 12.5. The van der Waals surface area contributed by atoms with Gasteiger partial charge in [0.05, 0.1) is 12.9 Å². The van der Waals surface area contributed by atoms with Gasteiger partial charge in [-0.1, -0.05) is 19.1 Å². The van der Waals surface area contributed by atoms with Crippen LogP contribution in [0.1, 0.15) is 35.7 Å². The van der Waals surface area contributed by atoms with Gasteiger partial charge in [-0.2, -0.15) is 0 Å². The molecule has 2 N–H and O–H groups in total. The summed E-state index contributed by atoms with van der Waals surface area (Å²) in [4.78, 5) is 29.2. The van der Waals surface area contributed by atoms with Gasteiger partial charge < -0.3 is 15.0 Å². The van der Waals surface area contributed by atoms with Crippen LogP contribution in [0, 0.1) is 0 Å². The van der Waals surface area contributed by atoms with Gasteiger partial charge in [-0.05, 0) is 37.1 Å². The number of imidazole rings is 1. The predicted octanol–water partition coefficient (Wildman–Crippen LogP) is 1.60. The molecule has 0 bridgehead atoms. The lowest BCUT2D eigenvalue weighted by Crippen LogP contribution is -2.54. The fourth-order valence-electron chi connectivity index (χ4n) is 3.30. The molecule has 26 heavy (non-hydrogen) atoms. The Morgan fingerprint density at radius 1 is 1.31 bits per heavy atom. The molecular weight excluding hydrogens is 332 g/mol. The van der Waals surface area contributed by atoms with E-state index in [0.29, 0.717) is 12.1 Å². The third kappa shape index (κ3) is 4.49. The average Bonchev–Trinajstić information content (AvgIpc) is 3.09. The first-order valence-electron chi connectivity index (χ1n) is 8.86. The number of carbonyl (C=O) groups excluding carboxylic acids is 1. The van der Waals surface area contributed by atoms with Crippen LogP contribution in [0.5, 0.6) is 0 Å². The molecule has 1 fully saturated rings. The van der Waals surface area contributed by atoms with Crippen molar-refractivity contribution >= 4 is 11.9 Å². The van der Waals surface area contributed by atoms with E-state index >= 15 is 0 Å². The summed E-state index contributed by atoms with van der Waals surface area (Å²) in [6.07, 6.45) is 7.00. The van der Waals surface area contributed by atoms with Crippen molar-refractivity contribution in [3.63, 3.8) is 0 Å². The van der Waals surface area contributed by atoms with Crippen molar-refractivity contribution in [2.75, 3.05) is 13.1 Å². The molecule has 7 heteroatoms. The maximum Gasteiger partial charge on any atom is 0.317 e. The Morgan fingerprint density at radius 3 is 2.62 bits per heavy atom. The third-order valence-corrected chi connectivity index (χ3v) is 4.85. The number of carboxylic acid groups (broad SMARTS) is 1. The molecule has 1 heterocycles. The van der Waals surface area contributed by atoms with E-state index in [-0.39, 0.29) is 24.5 Å². The SMILES string of the molecule is CCN(CC(=O)O)C1CC(NC(=O)c2ccc(Cn3ccnc3)cc2)C1. The number of carboxylic acids is 1. The van der Waals surface area contributed by atoms with E-state index in [4.69, 9.17) is 5.11 Å². The molecule has 1 aromatic heterocycles. The van der Waals surface area contributed by atoms with Crippen molar-refractivity contribution in [2.45, 2.75) is 38.4 Å². The van der Waals surface area contributed by atoms with Crippen LogP contribution in [-0.2, 0) is 11.3 Å². The fourth-order valence-corrected chi connectivity index (χ4v) is 3.30. The zero-order chi connectivity index (χ0) is 18.5. The minimum Gasteiger partial charge on any atom is -0.480 e. The van der Waals surface area contributed by atoms with Crippen molar-refractivity contribution in [1.29, 1.82) is 0 Å². The molecule has 1 amide bonds. The number of nitrogens with zero attached hydrogens (tertiary/aromatic N) is 3. The van der Waals surface area contributed by atoms with Gasteiger partial charge in [0, 0.05) is 36.6 Å². The second-order valence-corrected chi connectivity index (χ2v) is 6.68. The first kappa shape index (κ1) is 18.1. The molecule has 1 aromatic carbocycles. The van der Waals surface area contributed by atoms with Gasteiger partial charge in [-0.15, -0.1) is 0 Å². The maximum atomic E-state index is 12.4. The van der Waals surface area contributed by atoms with Crippen LogP contribution in [0.2, 0.25) is 0 Å². The van der Waals surface area contributed by atoms with Crippen LogP contribution in [0.15, 0.2) is 43.0 Å². The van der Waals surface area contributed by atoms with E-state index in [1.54, 1.807) is 12.5 Å². The molecule has 3 rings (SSSR count). The topological polar surface area (TPSA) is 87.5 Å². The predicted molar refractivity (Wildman–Crippen MR) is 96.9 cm³/mol. The average molecular weight is 356 g/mol. The number of aliphatic carboxylic acids is 1. The molecule has 2 aromatic rings. The summed E-state index contributed by atoms with van der Waals surface area (Å²) < 4.78 is 1.97. The normalized spacial score (nSPS) is 19.2. The Hall–Kier alpha value is -2.67. The number of amides is 1. The van der Waals surface area contributed by atoms with E-state index < -0.39 is 5.97 Å². The lowest BCUT2D eigenvalue weighted by Gasteiger charge is -2.42. The molecule has 0 saturated heterocycles. The van der Waals surface area contributed by atoms with Gasteiger partial charge in [0.1, 0.15) is 0 Å². The van der Waals surface area contributed by atoms with Crippen molar-refractivity contribution in [3.05, 3.63) is 54.1 Å². The largest absolute Gasteiger partial charge is 0.480 e. The monoisotopic (exact) mass is 356 g/mol. The van der Waals surface area contributed by atoms with E-state index in [2.05, 4.69) is 10.3 Å². The van der Waals surface area contributed by atoms with Crippen LogP contribution >= 0.6 is 0 Å². The van der Waals surface area contributed by atoms with Gasteiger partial charge in [-0.25, -0.2) is 4.98 Å². The molecule has 0 aliphatic heterocycles. The highest BCUT2D eigenvalue weighted by molar-refractivity contribution is 5.94. The number of likely N-dealkylation sites (N-methyl/N-ethyl adjacent to an activating group) is 1. The summed E-state index contributed by atoms with van der Waals surface area (Å²) in [6.45, 7) is 3.44. The summed E-state index contributed by atoms with van der Waals surface area (Å²) in [5.41, 5.74) is 1.75. The first-order valence-corrected chi connectivity index (χ1v) is 8.86. The Labute approximate surface area is 152 Å². The van der Waals surface area contributed by atoms with Crippen molar-refractivity contribution in [2.24, 2.45) is 0 Å². The lowest BCUT2D eigenvalue weighted by atomic mass is 9.85. The Balaban J connectivity index is 1.47.